The molecule has 1 fully saturated rings. The molecule has 1 heterocycles. The number of likely N-dealkylation sites (N-methyl/N-ethyl adjacent to an activating group) is 1. The van der Waals surface area contributed by atoms with E-state index in [4.69, 9.17) is 11.6 Å². The van der Waals surface area contributed by atoms with E-state index in [2.05, 4.69) is 20.9 Å². The lowest BCUT2D eigenvalue weighted by molar-refractivity contribution is -0.120. The van der Waals surface area contributed by atoms with Crippen LogP contribution in [0.1, 0.15) is 20.3 Å². The number of hydrogen-bond acceptors (Lipinski definition) is 6. The first-order valence-electron chi connectivity index (χ1n) is 11.7. The Labute approximate surface area is 210 Å². The van der Waals surface area contributed by atoms with Crippen LogP contribution in [-0.2, 0) is 9.59 Å². The van der Waals surface area contributed by atoms with Crippen molar-refractivity contribution in [1.29, 1.82) is 0 Å². The molecule has 35 heavy (non-hydrogen) atoms. The number of nitrogens with zero attached hydrogens (tertiary/aromatic N) is 2. The van der Waals surface area contributed by atoms with Gasteiger partial charge in [-0.15, -0.1) is 0 Å². The number of rotatable bonds is 10. The van der Waals surface area contributed by atoms with Crippen molar-refractivity contribution < 1.29 is 19.5 Å². The number of aliphatic hydroxyl groups excluding tert-OH is 1. The summed E-state index contributed by atoms with van der Waals surface area (Å²) in [5.41, 5.74) is 1.85. The van der Waals surface area contributed by atoms with E-state index in [0.717, 1.165) is 18.8 Å². The molecule has 0 saturated carbocycles. The van der Waals surface area contributed by atoms with E-state index in [1.54, 1.807) is 48.5 Å². The van der Waals surface area contributed by atoms with Crippen molar-refractivity contribution in [3.05, 3.63) is 53.6 Å². The first kappa shape index (κ1) is 26.5. The van der Waals surface area contributed by atoms with Gasteiger partial charge in [0.1, 0.15) is 6.04 Å². The van der Waals surface area contributed by atoms with E-state index in [1.807, 2.05) is 13.8 Å². The minimum Gasteiger partial charge on any atom is -0.391 e. The SMILES string of the molecule is CCN(CC)CC(=O)CNc1ccc(NC(=O)[C@H]2C[C@@H](O)CN2C(=O)Nc2ccc(Cl)cc2)cc1. The Morgan fingerprint density at radius 2 is 1.54 bits per heavy atom. The van der Waals surface area contributed by atoms with Crippen LogP contribution in [0.25, 0.3) is 0 Å². The van der Waals surface area contributed by atoms with Gasteiger partial charge in [-0.1, -0.05) is 25.4 Å². The molecular weight excluding hydrogens is 470 g/mol. The fraction of sp³-hybridized carbons (Fsp3) is 0.400. The number of anilines is 3. The van der Waals surface area contributed by atoms with Crippen LogP contribution in [-0.4, -0.2) is 77.5 Å². The molecule has 0 radical (unpaired) electrons. The van der Waals surface area contributed by atoms with E-state index in [9.17, 15) is 19.5 Å². The van der Waals surface area contributed by atoms with Gasteiger partial charge >= 0.3 is 6.03 Å². The number of amides is 3. The zero-order chi connectivity index (χ0) is 25.4. The van der Waals surface area contributed by atoms with Gasteiger partial charge < -0.3 is 26.0 Å². The number of halogens is 1. The molecule has 0 bridgehead atoms. The second kappa shape index (κ2) is 12.5. The van der Waals surface area contributed by atoms with Crippen LogP contribution in [0, 0.1) is 0 Å². The molecule has 4 N–H and O–H groups in total. The number of hydrogen-bond donors (Lipinski definition) is 4. The average Bonchev–Trinajstić information content (AvgIpc) is 3.25. The van der Waals surface area contributed by atoms with E-state index >= 15 is 0 Å². The molecule has 0 aliphatic carbocycles. The maximum Gasteiger partial charge on any atom is 0.322 e. The number of aliphatic hydroxyl groups is 1. The molecule has 3 rings (SSSR count). The highest BCUT2D eigenvalue weighted by atomic mass is 35.5. The molecule has 0 spiro atoms. The molecule has 1 saturated heterocycles. The summed E-state index contributed by atoms with van der Waals surface area (Å²) in [6.07, 6.45) is -0.643. The Morgan fingerprint density at radius 1 is 0.971 bits per heavy atom. The van der Waals surface area contributed by atoms with Gasteiger partial charge in [-0.05, 0) is 61.6 Å². The van der Waals surface area contributed by atoms with Crippen LogP contribution < -0.4 is 16.0 Å². The molecule has 2 aromatic carbocycles. The van der Waals surface area contributed by atoms with Crippen LogP contribution in [0.3, 0.4) is 0 Å². The number of β-amino-alcohol motifs (C(OH)–C–C–N with tert-alkyl or cyclic N) is 1. The number of carbonyl (C=O) groups is 3. The number of nitrogens with one attached hydrogen (secondary N) is 3. The number of likely N-dealkylation sites (tertiary alicyclic amines) is 1. The summed E-state index contributed by atoms with van der Waals surface area (Å²) in [6, 6.07) is 12.3. The molecule has 2 atom stereocenters. The van der Waals surface area contributed by atoms with Crippen molar-refractivity contribution in [2.24, 2.45) is 0 Å². The quantitative estimate of drug-likeness (QED) is 0.397. The van der Waals surface area contributed by atoms with Gasteiger partial charge in [0.15, 0.2) is 5.78 Å². The van der Waals surface area contributed by atoms with Crippen molar-refractivity contribution >= 4 is 46.4 Å². The predicted octanol–water partition coefficient (Wildman–Crippen LogP) is 3.27. The number of Topliss-reactive ketones (excluding diaryl/α,β-unsaturated/α-hetero) is 1. The molecule has 1 aliphatic rings. The third-order valence-electron chi connectivity index (χ3n) is 5.87. The van der Waals surface area contributed by atoms with Crippen molar-refractivity contribution in [3.63, 3.8) is 0 Å². The summed E-state index contributed by atoms with van der Waals surface area (Å²) in [5, 5.41) is 19.3. The minimum absolute atomic E-state index is 0.0574. The Morgan fingerprint density at radius 3 is 2.17 bits per heavy atom. The summed E-state index contributed by atoms with van der Waals surface area (Å²) in [7, 11) is 0. The smallest absolute Gasteiger partial charge is 0.322 e. The Kier molecular flexibility index (Phi) is 9.47. The van der Waals surface area contributed by atoms with E-state index in [-0.39, 0.29) is 31.2 Å². The zero-order valence-corrected chi connectivity index (χ0v) is 20.7. The lowest BCUT2D eigenvalue weighted by Crippen LogP contribution is -2.45. The van der Waals surface area contributed by atoms with Gasteiger partial charge in [-0.3, -0.25) is 14.5 Å². The van der Waals surface area contributed by atoms with Crippen LogP contribution in [0.15, 0.2) is 48.5 Å². The largest absolute Gasteiger partial charge is 0.391 e. The molecule has 3 amide bonds. The van der Waals surface area contributed by atoms with Crippen molar-refractivity contribution in [2.75, 3.05) is 48.7 Å². The third-order valence-corrected chi connectivity index (χ3v) is 6.13. The fourth-order valence-electron chi connectivity index (χ4n) is 3.87. The number of urea groups is 1. The molecule has 10 heteroatoms. The highest BCUT2D eigenvalue weighted by Gasteiger charge is 2.39. The summed E-state index contributed by atoms with van der Waals surface area (Å²) >= 11 is 5.88. The average molecular weight is 502 g/mol. The molecular formula is C25H32ClN5O4. The summed E-state index contributed by atoms with van der Waals surface area (Å²) in [6.45, 7) is 6.39. The topological polar surface area (TPSA) is 114 Å². The fourth-order valence-corrected chi connectivity index (χ4v) is 3.99. The first-order chi connectivity index (χ1) is 16.8. The molecule has 2 aromatic rings. The number of carbonyl (C=O) groups excluding carboxylic acids is 3. The van der Waals surface area contributed by atoms with Crippen LogP contribution >= 0.6 is 11.6 Å². The maximum atomic E-state index is 12.9. The molecule has 0 unspecified atom stereocenters. The third kappa shape index (κ3) is 7.68. The van der Waals surface area contributed by atoms with E-state index in [0.29, 0.717) is 22.9 Å². The lowest BCUT2D eigenvalue weighted by Gasteiger charge is -2.24. The molecule has 0 aromatic heterocycles. The Bertz CT molecular complexity index is 1010. The van der Waals surface area contributed by atoms with Gasteiger partial charge in [-0.25, -0.2) is 4.79 Å². The van der Waals surface area contributed by atoms with Crippen molar-refractivity contribution in [1.82, 2.24) is 9.80 Å². The monoisotopic (exact) mass is 501 g/mol. The van der Waals surface area contributed by atoms with Gasteiger partial charge in [0.2, 0.25) is 5.91 Å². The van der Waals surface area contributed by atoms with Gasteiger partial charge in [0, 0.05) is 35.1 Å². The van der Waals surface area contributed by atoms with Crippen LogP contribution in [0.2, 0.25) is 5.02 Å². The highest BCUT2D eigenvalue weighted by molar-refractivity contribution is 6.30. The normalized spacial score (nSPS) is 17.3. The molecule has 188 valence electrons. The van der Waals surface area contributed by atoms with E-state index in [1.165, 1.54) is 4.90 Å². The number of ketones is 1. The predicted molar refractivity (Wildman–Crippen MR) is 138 cm³/mol. The van der Waals surface area contributed by atoms with Crippen molar-refractivity contribution in [2.45, 2.75) is 32.4 Å². The van der Waals surface area contributed by atoms with Crippen LogP contribution in [0.5, 0.6) is 0 Å². The van der Waals surface area contributed by atoms with Gasteiger partial charge in [0.25, 0.3) is 0 Å². The first-order valence-corrected chi connectivity index (χ1v) is 12.1. The van der Waals surface area contributed by atoms with Crippen LogP contribution in [0.4, 0.5) is 21.9 Å². The van der Waals surface area contributed by atoms with E-state index < -0.39 is 18.2 Å². The Balaban J connectivity index is 1.54. The second-order valence-electron chi connectivity index (χ2n) is 8.41. The second-order valence-corrected chi connectivity index (χ2v) is 8.85. The standard InChI is InChI=1S/C25H32ClN5O4/c1-3-30(4-2)15-22(33)14-27-18-9-11-19(12-10-18)28-24(34)23-13-21(32)16-31(23)25(35)29-20-7-5-17(26)6-8-20/h5-12,21,23,27,32H,3-4,13-16H2,1-2H3,(H,28,34)(H,29,35)/t21-,23-/m1/s1. The minimum atomic E-state index is -0.812. The van der Waals surface area contributed by atoms with Gasteiger partial charge in [0.05, 0.1) is 19.2 Å². The summed E-state index contributed by atoms with van der Waals surface area (Å²) in [4.78, 5) is 41.2. The highest BCUT2D eigenvalue weighted by Crippen LogP contribution is 2.22. The zero-order valence-electron chi connectivity index (χ0n) is 20.0. The summed E-state index contributed by atoms with van der Waals surface area (Å²) in [5.74, 6) is -0.286. The van der Waals surface area contributed by atoms with Gasteiger partial charge in [-0.2, -0.15) is 0 Å². The van der Waals surface area contributed by atoms with Crippen molar-refractivity contribution in [3.8, 4) is 0 Å². The lowest BCUT2D eigenvalue weighted by atomic mass is 10.1. The summed E-state index contributed by atoms with van der Waals surface area (Å²) < 4.78 is 0. The Hall–Kier alpha value is -3.14. The molecule has 9 nitrogen and oxygen atoms in total. The number of benzene rings is 2. The molecule has 1 aliphatic heterocycles. The maximum absolute atomic E-state index is 12.9.